The lowest BCUT2D eigenvalue weighted by molar-refractivity contribution is -0.130. The fourth-order valence-electron chi connectivity index (χ4n) is 2.83. The molecule has 0 aromatic heterocycles. The van der Waals surface area contributed by atoms with Crippen LogP contribution in [-0.4, -0.2) is 48.2 Å². The summed E-state index contributed by atoms with van der Waals surface area (Å²) in [6, 6.07) is 0.335. The van der Waals surface area contributed by atoms with Gasteiger partial charge in [-0.15, -0.1) is 0 Å². The molecule has 0 radical (unpaired) electrons. The number of hydrogen-bond donors (Lipinski definition) is 2. The van der Waals surface area contributed by atoms with Crippen molar-refractivity contribution in [2.24, 2.45) is 0 Å². The highest BCUT2D eigenvalue weighted by molar-refractivity contribution is 5.94. The molecule has 2 aliphatic rings. The Kier molecular flexibility index (Phi) is 4.78. The van der Waals surface area contributed by atoms with Crippen molar-refractivity contribution in [2.75, 3.05) is 26.2 Å². The third kappa shape index (κ3) is 2.93. The van der Waals surface area contributed by atoms with Gasteiger partial charge >= 0.3 is 0 Å². The molecule has 2 fully saturated rings. The summed E-state index contributed by atoms with van der Waals surface area (Å²) in [7, 11) is 0. The van der Waals surface area contributed by atoms with Gasteiger partial charge in [-0.2, -0.15) is 0 Å². The van der Waals surface area contributed by atoms with Crippen LogP contribution in [0.2, 0.25) is 0 Å². The second-order valence-electron chi connectivity index (χ2n) is 5.35. The van der Waals surface area contributed by atoms with Gasteiger partial charge in [0.15, 0.2) is 0 Å². The van der Waals surface area contributed by atoms with Gasteiger partial charge in [0.2, 0.25) is 5.91 Å². The van der Waals surface area contributed by atoms with Crippen molar-refractivity contribution in [3.05, 3.63) is 11.1 Å². The Morgan fingerprint density at radius 2 is 2.00 bits per heavy atom. The summed E-state index contributed by atoms with van der Waals surface area (Å²) in [5, 5.41) is 12.4. The molecule has 1 aliphatic carbocycles. The molecular weight excluding hydrogens is 228 g/mol. The molecule has 4 heteroatoms. The minimum atomic E-state index is 0.0586. The van der Waals surface area contributed by atoms with Crippen molar-refractivity contribution in [1.29, 1.82) is 0 Å². The zero-order valence-electron chi connectivity index (χ0n) is 11.2. The van der Waals surface area contributed by atoms with E-state index in [0.29, 0.717) is 12.6 Å². The number of aliphatic hydroxyl groups is 1. The van der Waals surface area contributed by atoms with Gasteiger partial charge < -0.3 is 15.3 Å². The molecule has 0 aromatic rings. The van der Waals surface area contributed by atoms with E-state index in [0.717, 1.165) is 31.5 Å². The van der Waals surface area contributed by atoms with Gasteiger partial charge in [0.1, 0.15) is 0 Å². The maximum Gasteiger partial charge on any atom is 0.249 e. The fraction of sp³-hybridized carbons (Fsp3) is 0.786. The van der Waals surface area contributed by atoms with Crippen molar-refractivity contribution in [3.8, 4) is 0 Å². The molecule has 0 aromatic carbocycles. The van der Waals surface area contributed by atoms with E-state index in [1.807, 2.05) is 11.8 Å². The van der Waals surface area contributed by atoms with Gasteiger partial charge in [-0.25, -0.2) is 0 Å². The molecule has 102 valence electrons. The highest BCUT2D eigenvalue weighted by Gasteiger charge is 2.27. The molecule has 1 saturated heterocycles. The summed E-state index contributed by atoms with van der Waals surface area (Å²) >= 11 is 0. The van der Waals surface area contributed by atoms with E-state index >= 15 is 0 Å². The monoisotopic (exact) mass is 252 g/mol. The fourth-order valence-corrected chi connectivity index (χ4v) is 2.83. The number of carbonyl (C=O) groups is 1. The molecule has 1 aliphatic heterocycles. The summed E-state index contributed by atoms with van der Waals surface area (Å²) in [5.74, 6) is 0.132. The minimum absolute atomic E-state index is 0.0586. The van der Waals surface area contributed by atoms with E-state index < -0.39 is 0 Å². The number of rotatable bonds is 4. The second-order valence-corrected chi connectivity index (χ2v) is 5.35. The van der Waals surface area contributed by atoms with Crippen molar-refractivity contribution in [2.45, 2.75) is 45.1 Å². The Hall–Kier alpha value is -0.870. The van der Waals surface area contributed by atoms with Crippen molar-refractivity contribution < 1.29 is 9.90 Å². The Morgan fingerprint density at radius 3 is 2.50 bits per heavy atom. The largest absolute Gasteiger partial charge is 0.395 e. The van der Waals surface area contributed by atoms with Crippen molar-refractivity contribution >= 4 is 5.91 Å². The highest BCUT2D eigenvalue weighted by Crippen LogP contribution is 2.24. The SMILES string of the molecule is CC(C(=O)N(CCO)C1CCCCC1)=C1CNC1. The van der Waals surface area contributed by atoms with Gasteiger partial charge in [-0.1, -0.05) is 19.3 Å². The summed E-state index contributed by atoms with van der Waals surface area (Å²) in [6.07, 6.45) is 5.87. The van der Waals surface area contributed by atoms with Gasteiger partial charge in [0.25, 0.3) is 0 Å². The Balaban J connectivity index is 2.05. The van der Waals surface area contributed by atoms with E-state index in [4.69, 9.17) is 0 Å². The maximum atomic E-state index is 12.5. The topological polar surface area (TPSA) is 52.6 Å². The molecule has 4 nitrogen and oxygen atoms in total. The number of hydrogen-bond acceptors (Lipinski definition) is 3. The van der Waals surface area contributed by atoms with Crippen LogP contribution in [0.15, 0.2) is 11.1 Å². The molecule has 18 heavy (non-hydrogen) atoms. The molecule has 1 heterocycles. The van der Waals surface area contributed by atoms with E-state index in [9.17, 15) is 9.90 Å². The lowest BCUT2D eigenvalue weighted by atomic mass is 9.93. The first-order valence-corrected chi connectivity index (χ1v) is 7.05. The van der Waals surface area contributed by atoms with Gasteiger partial charge in [0.05, 0.1) is 6.61 Å². The van der Waals surface area contributed by atoms with Crippen LogP contribution in [0, 0.1) is 0 Å². The molecule has 0 spiro atoms. The van der Waals surface area contributed by atoms with E-state index in [2.05, 4.69) is 5.32 Å². The van der Waals surface area contributed by atoms with Crippen molar-refractivity contribution in [3.63, 3.8) is 0 Å². The second kappa shape index (κ2) is 6.34. The number of nitrogens with one attached hydrogen (secondary N) is 1. The average Bonchev–Trinajstić information content (AvgIpc) is 2.34. The van der Waals surface area contributed by atoms with E-state index in [1.165, 1.54) is 24.8 Å². The van der Waals surface area contributed by atoms with Gasteiger partial charge in [0, 0.05) is 31.2 Å². The molecular formula is C14H24N2O2. The predicted octanol–water partition coefficient (Wildman–Crippen LogP) is 1.06. The van der Waals surface area contributed by atoms with Crippen LogP contribution in [0.5, 0.6) is 0 Å². The van der Waals surface area contributed by atoms with Crippen LogP contribution in [0.4, 0.5) is 0 Å². The quantitative estimate of drug-likeness (QED) is 0.736. The predicted molar refractivity (Wildman–Crippen MR) is 71.2 cm³/mol. The van der Waals surface area contributed by atoms with Gasteiger partial charge in [-0.3, -0.25) is 4.79 Å². The van der Waals surface area contributed by atoms with Crippen LogP contribution < -0.4 is 5.32 Å². The van der Waals surface area contributed by atoms with Crippen LogP contribution in [-0.2, 0) is 4.79 Å². The van der Waals surface area contributed by atoms with Crippen molar-refractivity contribution in [1.82, 2.24) is 10.2 Å². The first-order valence-electron chi connectivity index (χ1n) is 7.05. The first kappa shape index (κ1) is 13.6. The number of carbonyl (C=O) groups excluding carboxylic acids is 1. The summed E-state index contributed by atoms with van der Waals surface area (Å²) in [4.78, 5) is 14.4. The molecule has 1 saturated carbocycles. The standard InChI is InChI=1S/C14H24N2O2/c1-11(12-9-15-10-12)14(18)16(7-8-17)13-5-3-2-4-6-13/h13,15,17H,2-10H2,1H3. The molecule has 0 unspecified atom stereocenters. The Labute approximate surface area is 109 Å². The molecule has 2 N–H and O–H groups in total. The summed E-state index contributed by atoms with van der Waals surface area (Å²) in [5.41, 5.74) is 2.10. The Morgan fingerprint density at radius 1 is 1.33 bits per heavy atom. The number of amides is 1. The first-order chi connectivity index (χ1) is 8.74. The molecule has 0 bridgehead atoms. The molecule has 1 amide bonds. The average molecular weight is 252 g/mol. The number of aliphatic hydroxyl groups excluding tert-OH is 1. The third-order valence-electron chi connectivity index (χ3n) is 4.15. The minimum Gasteiger partial charge on any atom is -0.395 e. The van der Waals surface area contributed by atoms with Crippen LogP contribution >= 0.6 is 0 Å². The highest BCUT2D eigenvalue weighted by atomic mass is 16.3. The molecule has 0 atom stereocenters. The van der Waals surface area contributed by atoms with E-state index in [-0.39, 0.29) is 12.5 Å². The third-order valence-corrected chi connectivity index (χ3v) is 4.15. The number of nitrogens with zero attached hydrogens (tertiary/aromatic N) is 1. The lowest BCUT2D eigenvalue weighted by Gasteiger charge is -2.35. The maximum absolute atomic E-state index is 12.5. The summed E-state index contributed by atoms with van der Waals surface area (Å²) in [6.45, 7) is 4.14. The van der Waals surface area contributed by atoms with Crippen LogP contribution in [0.25, 0.3) is 0 Å². The lowest BCUT2D eigenvalue weighted by Crippen LogP contribution is -2.45. The van der Waals surface area contributed by atoms with Gasteiger partial charge in [-0.05, 0) is 25.3 Å². The zero-order chi connectivity index (χ0) is 13.0. The smallest absolute Gasteiger partial charge is 0.249 e. The van der Waals surface area contributed by atoms with Crippen LogP contribution in [0.3, 0.4) is 0 Å². The summed E-state index contributed by atoms with van der Waals surface area (Å²) < 4.78 is 0. The zero-order valence-corrected chi connectivity index (χ0v) is 11.2. The van der Waals surface area contributed by atoms with E-state index in [1.54, 1.807) is 0 Å². The van der Waals surface area contributed by atoms with Crippen LogP contribution in [0.1, 0.15) is 39.0 Å². The molecule has 2 rings (SSSR count). The Bertz CT molecular complexity index is 327. The normalized spacial score (nSPS) is 20.4.